The molecule has 7 heteroatoms. The molecule has 1 atom stereocenters. The Morgan fingerprint density at radius 1 is 1.08 bits per heavy atom. The van der Waals surface area contributed by atoms with Crippen molar-refractivity contribution in [1.29, 1.82) is 0 Å². The Morgan fingerprint density at radius 3 is 2.24 bits per heavy atom. The molecule has 1 saturated carbocycles. The lowest BCUT2D eigenvalue weighted by molar-refractivity contribution is -0.124. The Labute approximate surface area is 153 Å². The van der Waals surface area contributed by atoms with Crippen LogP contribution in [0.4, 0.5) is 4.79 Å². The molecule has 136 valence electrons. The van der Waals surface area contributed by atoms with Crippen molar-refractivity contribution in [2.45, 2.75) is 37.8 Å². The normalized spacial score (nSPS) is 20.4. The van der Waals surface area contributed by atoms with E-state index < -0.39 is 6.04 Å². The number of urea groups is 1. The Balaban J connectivity index is 1.58. The second-order valence-corrected chi connectivity index (χ2v) is 7.25. The molecule has 0 spiro atoms. The third-order valence-corrected chi connectivity index (χ3v) is 5.36. The van der Waals surface area contributed by atoms with Crippen molar-refractivity contribution in [2.24, 2.45) is 5.73 Å². The number of primary amides is 1. The van der Waals surface area contributed by atoms with E-state index in [-0.39, 0.29) is 11.9 Å². The summed E-state index contributed by atoms with van der Waals surface area (Å²) in [5.41, 5.74) is 6.47. The van der Waals surface area contributed by atoms with Crippen LogP contribution >= 0.6 is 11.6 Å². The van der Waals surface area contributed by atoms with Gasteiger partial charge >= 0.3 is 6.03 Å². The highest BCUT2D eigenvalue weighted by Gasteiger charge is 2.31. The summed E-state index contributed by atoms with van der Waals surface area (Å²) in [6, 6.07) is 7.02. The van der Waals surface area contributed by atoms with Gasteiger partial charge in [-0.2, -0.15) is 0 Å². The zero-order valence-corrected chi connectivity index (χ0v) is 15.0. The largest absolute Gasteiger partial charge is 0.368 e. The summed E-state index contributed by atoms with van der Waals surface area (Å²) >= 11 is 5.92. The fourth-order valence-corrected chi connectivity index (χ4v) is 3.85. The van der Waals surface area contributed by atoms with Crippen LogP contribution in [0.2, 0.25) is 5.02 Å². The average molecular weight is 365 g/mol. The first-order valence-corrected chi connectivity index (χ1v) is 9.26. The van der Waals surface area contributed by atoms with Gasteiger partial charge in [-0.15, -0.1) is 0 Å². The quantitative estimate of drug-likeness (QED) is 0.859. The Morgan fingerprint density at radius 2 is 1.68 bits per heavy atom. The monoisotopic (exact) mass is 364 g/mol. The number of carbonyl (C=O) groups is 2. The van der Waals surface area contributed by atoms with Crippen molar-refractivity contribution in [1.82, 2.24) is 15.1 Å². The summed E-state index contributed by atoms with van der Waals surface area (Å²) in [5, 5.41) is 3.74. The minimum absolute atomic E-state index is 0.00803. The van der Waals surface area contributed by atoms with E-state index in [0.29, 0.717) is 37.2 Å². The highest BCUT2D eigenvalue weighted by atomic mass is 35.5. The molecule has 1 saturated heterocycles. The number of hydrogen-bond donors (Lipinski definition) is 2. The number of halogens is 1. The van der Waals surface area contributed by atoms with Crippen LogP contribution in [-0.2, 0) is 4.79 Å². The van der Waals surface area contributed by atoms with Gasteiger partial charge in [-0.05, 0) is 30.5 Å². The van der Waals surface area contributed by atoms with Crippen LogP contribution in [0.25, 0.3) is 0 Å². The predicted octanol–water partition coefficient (Wildman–Crippen LogP) is 2.14. The van der Waals surface area contributed by atoms with E-state index >= 15 is 0 Å². The van der Waals surface area contributed by atoms with E-state index in [0.717, 1.165) is 18.4 Å². The zero-order valence-electron chi connectivity index (χ0n) is 14.3. The van der Waals surface area contributed by atoms with Gasteiger partial charge in [0.15, 0.2) is 0 Å². The summed E-state index contributed by atoms with van der Waals surface area (Å²) in [4.78, 5) is 28.2. The van der Waals surface area contributed by atoms with E-state index in [9.17, 15) is 9.59 Å². The molecule has 2 aliphatic rings. The van der Waals surface area contributed by atoms with E-state index in [4.69, 9.17) is 17.3 Å². The van der Waals surface area contributed by atoms with Crippen LogP contribution in [0.5, 0.6) is 0 Å². The molecule has 0 aromatic heterocycles. The number of rotatable bonds is 4. The summed E-state index contributed by atoms with van der Waals surface area (Å²) in [6.45, 7) is 2.43. The first kappa shape index (κ1) is 18.0. The maximum Gasteiger partial charge on any atom is 0.317 e. The van der Waals surface area contributed by atoms with Crippen LogP contribution in [0, 0.1) is 0 Å². The number of nitrogens with zero attached hydrogens (tertiary/aromatic N) is 2. The molecular weight excluding hydrogens is 340 g/mol. The van der Waals surface area contributed by atoms with Gasteiger partial charge in [0.2, 0.25) is 5.91 Å². The third kappa shape index (κ3) is 4.44. The van der Waals surface area contributed by atoms with E-state index in [2.05, 4.69) is 5.32 Å². The molecule has 1 aliphatic heterocycles. The van der Waals surface area contributed by atoms with Crippen molar-refractivity contribution in [3.05, 3.63) is 34.9 Å². The van der Waals surface area contributed by atoms with E-state index in [1.807, 2.05) is 21.9 Å². The van der Waals surface area contributed by atoms with Gasteiger partial charge in [0, 0.05) is 37.2 Å². The van der Waals surface area contributed by atoms with Crippen LogP contribution in [0.3, 0.4) is 0 Å². The van der Waals surface area contributed by atoms with Crippen molar-refractivity contribution in [2.75, 3.05) is 26.2 Å². The molecule has 1 heterocycles. The second kappa shape index (κ2) is 8.06. The highest BCUT2D eigenvalue weighted by molar-refractivity contribution is 6.30. The first-order valence-electron chi connectivity index (χ1n) is 8.89. The van der Waals surface area contributed by atoms with Gasteiger partial charge in [-0.3, -0.25) is 9.69 Å². The summed E-state index contributed by atoms with van der Waals surface area (Å²) < 4.78 is 0. The van der Waals surface area contributed by atoms with E-state index in [1.54, 1.807) is 12.1 Å². The maximum absolute atomic E-state index is 12.4. The van der Waals surface area contributed by atoms with Gasteiger partial charge in [0.05, 0.1) is 0 Å². The lowest BCUT2D eigenvalue weighted by Gasteiger charge is -2.38. The number of nitrogens with one attached hydrogen (secondary N) is 1. The summed E-state index contributed by atoms with van der Waals surface area (Å²) in [6.07, 6.45) is 4.54. The molecule has 0 bridgehead atoms. The van der Waals surface area contributed by atoms with Gasteiger partial charge in [-0.25, -0.2) is 4.79 Å². The van der Waals surface area contributed by atoms with Gasteiger partial charge in [0.1, 0.15) is 6.04 Å². The van der Waals surface area contributed by atoms with E-state index in [1.165, 1.54) is 12.8 Å². The van der Waals surface area contributed by atoms with Crippen LogP contribution in [-0.4, -0.2) is 54.0 Å². The fraction of sp³-hybridized carbons (Fsp3) is 0.556. The molecule has 1 aromatic carbocycles. The lowest BCUT2D eigenvalue weighted by Crippen LogP contribution is -2.55. The highest BCUT2D eigenvalue weighted by Crippen LogP contribution is 2.24. The minimum atomic E-state index is -0.489. The van der Waals surface area contributed by atoms with Crippen molar-refractivity contribution >= 4 is 23.5 Å². The van der Waals surface area contributed by atoms with Crippen molar-refractivity contribution in [3.8, 4) is 0 Å². The Kier molecular flexibility index (Phi) is 5.81. The van der Waals surface area contributed by atoms with Gasteiger partial charge in [0.25, 0.3) is 0 Å². The fourth-order valence-electron chi connectivity index (χ4n) is 3.72. The van der Waals surface area contributed by atoms with Crippen LogP contribution in [0.15, 0.2) is 24.3 Å². The predicted molar refractivity (Wildman–Crippen MR) is 97.3 cm³/mol. The van der Waals surface area contributed by atoms with Crippen molar-refractivity contribution < 1.29 is 9.59 Å². The smallest absolute Gasteiger partial charge is 0.317 e. The molecule has 25 heavy (non-hydrogen) atoms. The molecule has 3 amide bonds. The summed E-state index contributed by atoms with van der Waals surface area (Å²) in [5.74, 6) is -0.383. The Bertz CT molecular complexity index is 608. The molecule has 1 unspecified atom stereocenters. The van der Waals surface area contributed by atoms with Gasteiger partial charge in [-0.1, -0.05) is 36.6 Å². The maximum atomic E-state index is 12.4. The zero-order chi connectivity index (χ0) is 17.8. The number of amides is 3. The van der Waals surface area contributed by atoms with Crippen LogP contribution in [0.1, 0.15) is 37.3 Å². The molecule has 2 fully saturated rings. The molecule has 3 rings (SSSR count). The average Bonchev–Trinajstić information content (AvgIpc) is 3.10. The third-order valence-electron chi connectivity index (χ3n) is 5.10. The standard InChI is InChI=1S/C18H25ClN4O2/c19-14-7-5-13(6-8-14)16(17(20)24)22-9-11-23(12-10-22)18(25)21-15-3-1-2-4-15/h5-8,15-16H,1-4,9-12H2,(H2,20,24)(H,21,25). The van der Waals surface area contributed by atoms with Crippen LogP contribution < -0.4 is 11.1 Å². The second-order valence-electron chi connectivity index (χ2n) is 6.81. The molecular formula is C18H25ClN4O2. The SMILES string of the molecule is NC(=O)C(c1ccc(Cl)cc1)N1CCN(C(=O)NC2CCCC2)CC1. The summed E-state index contributed by atoms with van der Waals surface area (Å²) in [7, 11) is 0. The number of nitrogens with two attached hydrogens (primary N) is 1. The minimum Gasteiger partial charge on any atom is -0.368 e. The molecule has 6 nitrogen and oxygen atoms in total. The van der Waals surface area contributed by atoms with Gasteiger partial charge < -0.3 is 16.0 Å². The topological polar surface area (TPSA) is 78.7 Å². The first-order chi connectivity index (χ1) is 12.0. The number of benzene rings is 1. The molecule has 1 aliphatic carbocycles. The lowest BCUT2D eigenvalue weighted by atomic mass is 10.0. The number of hydrogen-bond acceptors (Lipinski definition) is 3. The number of piperazine rings is 1. The Hall–Kier alpha value is -1.79. The molecule has 1 aromatic rings. The molecule has 0 radical (unpaired) electrons. The number of carbonyl (C=O) groups excluding carboxylic acids is 2. The molecule has 3 N–H and O–H groups in total. The van der Waals surface area contributed by atoms with Crippen molar-refractivity contribution in [3.63, 3.8) is 0 Å².